The third-order valence-electron chi connectivity index (χ3n) is 5.20. The molecule has 0 aromatic heterocycles. The molecule has 0 saturated carbocycles. The van der Waals surface area contributed by atoms with Crippen LogP contribution in [0.5, 0.6) is 0 Å². The van der Waals surface area contributed by atoms with Crippen molar-refractivity contribution >= 4 is 40.1 Å². The van der Waals surface area contributed by atoms with E-state index in [2.05, 4.69) is 31.3 Å². The summed E-state index contributed by atoms with van der Waals surface area (Å²) in [6, 6.07) is 12.0. The van der Waals surface area contributed by atoms with Gasteiger partial charge in [-0.2, -0.15) is 0 Å². The van der Waals surface area contributed by atoms with Crippen LogP contribution in [0.2, 0.25) is 0 Å². The number of aliphatic imine (C=N–C) groups is 1. The second-order valence-corrected chi connectivity index (χ2v) is 8.80. The van der Waals surface area contributed by atoms with Crippen LogP contribution in [0.4, 0.5) is 11.4 Å². The van der Waals surface area contributed by atoms with E-state index in [1.165, 1.54) is 22.9 Å². The second-order valence-electron chi connectivity index (χ2n) is 7.63. The van der Waals surface area contributed by atoms with Crippen LogP contribution < -0.4 is 5.32 Å². The van der Waals surface area contributed by atoms with Gasteiger partial charge in [0.1, 0.15) is 5.25 Å². The van der Waals surface area contributed by atoms with Crippen molar-refractivity contribution in [2.75, 3.05) is 11.9 Å². The van der Waals surface area contributed by atoms with Crippen molar-refractivity contribution in [3.63, 3.8) is 0 Å². The number of amides is 2. The number of nitrogens with one attached hydrogen (secondary N) is 1. The number of carbonyl (C=O) groups excluding carboxylic acids is 2. The molecule has 2 aromatic carbocycles. The quantitative estimate of drug-likeness (QED) is 0.698. The van der Waals surface area contributed by atoms with Crippen molar-refractivity contribution in [2.24, 2.45) is 4.99 Å². The Morgan fingerprint density at radius 3 is 2.30 bits per heavy atom. The van der Waals surface area contributed by atoms with Gasteiger partial charge in [-0.1, -0.05) is 48.5 Å². The molecule has 1 saturated heterocycles. The summed E-state index contributed by atoms with van der Waals surface area (Å²) in [6.07, 6.45) is 1.08. The van der Waals surface area contributed by atoms with E-state index < -0.39 is 5.25 Å². The molecular weight excluding hydrogens is 394 g/mol. The molecule has 3 rings (SSSR count). The Bertz CT molecular complexity index is 959. The van der Waals surface area contributed by atoms with Gasteiger partial charge in [0.15, 0.2) is 5.17 Å². The molecule has 1 heterocycles. The first kappa shape index (κ1) is 22.1. The Labute approximate surface area is 183 Å². The number of anilines is 1. The first-order chi connectivity index (χ1) is 14.3. The standard InChI is InChI=1S/C24H29N3O2S/c1-6-18-8-10-19(11-9-18)25-21(28)14-20-23(29)27(7-2)24(30-20)26-22-16(4)12-15(3)13-17(22)5/h8-13,20H,6-7,14H2,1-5H3,(H,25,28). The lowest BCUT2D eigenvalue weighted by atomic mass is 10.1. The maximum Gasteiger partial charge on any atom is 0.242 e. The second kappa shape index (κ2) is 9.47. The maximum atomic E-state index is 12.9. The lowest BCUT2D eigenvalue weighted by Crippen LogP contribution is -2.33. The van der Waals surface area contributed by atoms with Gasteiger partial charge < -0.3 is 5.32 Å². The van der Waals surface area contributed by atoms with Gasteiger partial charge in [-0.15, -0.1) is 0 Å². The van der Waals surface area contributed by atoms with Gasteiger partial charge in [-0.25, -0.2) is 4.99 Å². The SMILES string of the molecule is CCc1ccc(NC(=O)CC2SC(=Nc3c(C)cc(C)cc3C)N(CC)C2=O)cc1. The average Bonchev–Trinajstić information content (AvgIpc) is 2.99. The summed E-state index contributed by atoms with van der Waals surface area (Å²) in [6.45, 7) is 10.7. The third kappa shape index (κ3) is 4.93. The molecule has 0 radical (unpaired) electrons. The predicted octanol–water partition coefficient (Wildman–Crippen LogP) is 5.15. The van der Waals surface area contributed by atoms with Crippen LogP contribution >= 0.6 is 11.8 Å². The number of aryl methyl sites for hydroxylation is 4. The fourth-order valence-corrected chi connectivity index (χ4v) is 4.87. The van der Waals surface area contributed by atoms with Crippen LogP contribution in [-0.4, -0.2) is 33.7 Å². The smallest absolute Gasteiger partial charge is 0.242 e. The molecule has 6 heteroatoms. The highest BCUT2D eigenvalue weighted by molar-refractivity contribution is 8.15. The fraction of sp³-hybridized carbons (Fsp3) is 0.375. The highest BCUT2D eigenvalue weighted by Gasteiger charge is 2.38. The van der Waals surface area contributed by atoms with E-state index in [4.69, 9.17) is 4.99 Å². The predicted molar refractivity (Wildman–Crippen MR) is 126 cm³/mol. The van der Waals surface area contributed by atoms with Gasteiger partial charge in [0, 0.05) is 18.7 Å². The molecule has 0 bridgehead atoms. The number of nitrogens with zero attached hydrogens (tertiary/aromatic N) is 2. The molecule has 2 amide bonds. The zero-order valence-electron chi connectivity index (χ0n) is 18.3. The largest absolute Gasteiger partial charge is 0.326 e. The number of rotatable bonds is 6. The third-order valence-corrected chi connectivity index (χ3v) is 6.37. The maximum absolute atomic E-state index is 12.9. The normalized spacial score (nSPS) is 17.6. The van der Waals surface area contributed by atoms with Gasteiger partial charge in [0.05, 0.1) is 5.69 Å². The van der Waals surface area contributed by atoms with E-state index in [9.17, 15) is 9.59 Å². The molecule has 1 N–H and O–H groups in total. The van der Waals surface area contributed by atoms with E-state index >= 15 is 0 Å². The summed E-state index contributed by atoms with van der Waals surface area (Å²) in [5.41, 5.74) is 6.23. The number of amidine groups is 1. The molecule has 2 aromatic rings. The Balaban J connectivity index is 1.74. The monoisotopic (exact) mass is 423 g/mol. The van der Waals surface area contributed by atoms with Crippen molar-refractivity contribution in [3.05, 3.63) is 58.7 Å². The minimum Gasteiger partial charge on any atom is -0.326 e. The van der Waals surface area contributed by atoms with Crippen molar-refractivity contribution in [1.82, 2.24) is 4.90 Å². The number of thioether (sulfide) groups is 1. The Morgan fingerprint density at radius 1 is 1.10 bits per heavy atom. The number of benzene rings is 2. The molecule has 1 aliphatic rings. The van der Waals surface area contributed by atoms with Crippen molar-refractivity contribution in [3.8, 4) is 0 Å². The molecule has 0 spiro atoms. The van der Waals surface area contributed by atoms with Crippen LogP contribution in [0.3, 0.4) is 0 Å². The summed E-state index contributed by atoms with van der Waals surface area (Å²) in [4.78, 5) is 31.9. The molecule has 1 fully saturated rings. The fourth-order valence-electron chi connectivity index (χ4n) is 3.66. The van der Waals surface area contributed by atoms with Gasteiger partial charge in [-0.05, 0) is 62.9 Å². The van der Waals surface area contributed by atoms with E-state index in [1.807, 2.05) is 45.0 Å². The van der Waals surface area contributed by atoms with Crippen LogP contribution in [-0.2, 0) is 16.0 Å². The molecule has 30 heavy (non-hydrogen) atoms. The first-order valence-electron chi connectivity index (χ1n) is 10.4. The number of hydrogen-bond acceptors (Lipinski definition) is 4. The zero-order valence-corrected chi connectivity index (χ0v) is 19.1. The Morgan fingerprint density at radius 2 is 1.73 bits per heavy atom. The van der Waals surface area contributed by atoms with Crippen molar-refractivity contribution in [2.45, 2.75) is 52.7 Å². The summed E-state index contributed by atoms with van der Waals surface area (Å²) in [5, 5.41) is 3.11. The lowest BCUT2D eigenvalue weighted by Gasteiger charge is -2.14. The van der Waals surface area contributed by atoms with Gasteiger partial charge in [-0.3, -0.25) is 14.5 Å². The van der Waals surface area contributed by atoms with Crippen molar-refractivity contribution < 1.29 is 9.59 Å². The van der Waals surface area contributed by atoms with Gasteiger partial charge >= 0.3 is 0 Å². The van der Waals surface area contributed by atoms with Crippen molar-refractivity contribution in [1.29, 1.82) is 0 Å². The van der Waals surface area contributed by atoms with E-state index in [-0.39, 0.29) is 18.2 Å². The Kier molecular flexibility index (Phi) is 6.98. The van der Waals surface area contributed by atoms with Gasteiger partial charge in [0.25, 0.3) is 0 Å². The topological polar surface area (TPSA) is 61.8 Å². The minimum atomic E-state index is -0.454. The van der Waals surface area contributed by atoms with Crippen LogP contribution in [0.1, 0.15) is 42.5 Å². The molecule has 0 aliphatic carbocycles. The van der Waals surface area contributed by atoms with Gasteiger partial charge in [0.2, 0.25) is 11.8 Å². The van der Waals surface area contributed by atoms with Crippen LogP contribution in [0.15, 0.2) is 41.4 Å². The minimum absolute atomic E-state index is 0.0554. The molecule has 1 atom stereocenters. The van der Waals surface area contributed by atoms with E-state index in [0.717, 1.165) is 28.9 Å². The number of hydrogen-bond donors (Lipinski definition) is 1. The summed E-state index contributed by atoms with van der Waals surface area (Å²) in [7, 11) is 0. The van der Waals surface area contributed by atoms with E-state index in [1.54, 1.807) is 4.90 Å². The average molecular weight is 424 g/mol. The van der Waals surface area contributed by atoms with Crippen LogP contribution in [0, 0.1) is 20.8 Å². The lowest BCUT2D eigenvalue weighted by molar-refractivity contribution is -0.128. The molecule has 158 valence electrons. The summed E-state index contributed by atoms with van der Waals surface area (Å²) in [5.74, 6) is -0.217. The molecule has 5 nitrogen and oxygen atoms in total. The highest BCUT2D eigenvalue weighted by atomic mass is 32.2. The zero-order chi connectivity index (χ0) is 21.8. The summed E-state index contributed by atoms with van der Waals surface area (Å²) >= 11 is 1.38. The highest BCUT2D eigenvalue weighted by Crippen LogP contribution is 2.34. The first-order valence-corrected chi connectivity index (χ1v) is 11.2. The molecular formula is C24H29N3O2S. The van der Waals surface area contributed by atoms with Crippen LogP contribution in [0.25, 0.3) is 0 Å². The Hall–Kier alpha value is -2.60. The van der Waals surface area contributed by atoms with E-state index in [0.29, 0.717) is 11.7 Å². The number of carbonyl (C=O) groups is 2. The molecule has 1 unspecified atom stereocenters. The molecule has 1 aliphatic heterocycles. The summed E-state index contributed by atoms with van der Waals surface area (Å²) < 4.78 is 0.